The van der Waals surface area contributed by atoms with Gasteiger partial charge in [-0.25, -0.2) is 0 Å². The molecule has 6 heterocycles. The van der Waals surface area contributed by atoms with Gasteiger partial charge in [0.05, 0.1) is 11.4 Å². The Morgan fingerprint density at radius 3 is 1.34 bits per heavy atom. The highest BCUT2D eigenvalue weighted by molar-refractivity contribution is 7.02. The summed E-state index contributed by atoms with van der Waals surface area (Å²) in [7, 11) is 0. The first-order valence-electron chi connectivity index (χ1n) is 20.5. The highest BCUT2D eigenvalue weighted by Crippen LogP contribution is 2.50. The summed E-state index contributed by atoms with van der Waals surface area (Å²) in [6, 6.07) is 30.6. The number of furan rings is 2. The van der Waals surface area contributed by atoms with Gasteiger partial charge in [-0.1, -0.05) is 67.5 Å². The van der Waals surface area contributed by atoms with Crippen LogP contribution in [0.2, 0.25) is 0 Å². The van der Waals surface area contributed by atoms with Crippen LogP contribution in [0.4, 0.5) is 34.5 Å². The number of benzene rings is 5. The van der Waals surface area contributed by atoms with Crippen molar-refractivity contribution >= 4 is 79.6 Å². The Kier molecular flexibility index (Phi) is 7.46. The topological polar surface area (TPSA) is 69.7 Å². The summed E-state index contributed by atoms with van der Waals surface area (Å²) in [5, 5.41) is 2.19. The summed E-state index contributed by atoms with van der Waals surface area (Å²) in [5.41, 5.74) is 12.6. The maximum absolute atomic E-state index is 7.16. The molecule has 11 rings (SSSR count). The van der Waals surface area contributed by atoms with E-state index in [0.717, 1.165) is 90.4 Å². The van der Waals surface area contributed by atoms with Gasteiger partial charge in [0.2, 0.25) is 11.8 Å². The molecule has 4 aliphatic heterocycles. The fraction of sp³-hybridized carbons (Fsp3) is 0.306. The van der Waals surface area contributed by atoms with Crippen molar-refractivity contribution in [1.82, 2.24) is 0 Å². The van der Waals surface area contributed by atoms with Crippen molar-refractivity contribution in [2.75, 3.05) is 36.2 Å². The lowest BCUT2D eigenvalue weighted by molar-refractivity contribution is 0.171. The van der Waals surface area contributed by atoms with Gasteiger partial charge in [-0.3, -0.25) is 9.80 Å². The van der Waals surface area contributed by atoms with Crippen LogP contribution in [0.25, 0.3) is 21.9 Å². The van der Waals surface area contributed by atoms with Crippen LogP contribution in [-0.4, -0.2) is 33.1 Å². The van der Waals surface area contributed by atoms with E-state index in [0.29, 0.717) is 26.4 Å². The molecule has 292 valence electrons. The number of fused-ring (bicyclic) bond motifs is 10. The standard InChI is InChI=1S/C49H47BN2O6/c1-27(2)28-21-35-45-36(22-28)52(32-12-16-40-42(26-32)56-20-18-54-40)47-44(34-24-30(49(6,7)8)10-14-38(34)58-47)50(45)43-33-23-29(48(3,4)5)9-13-37(33)57-46(43)51(35)31-11-15-39-41(25-31)55-19-17-53-39/h9-16,21-27H,17-20H2,1-8H3. The molecule has 4 aliphatic rings. The second kappa shape index (κ2) is 12.3. The average molecular weight is 771 g/mol. The van der Waals surface area contributed by atoms with Gasteiger partial charge in [0, 0.05) is 45.2 Å². The van der Waals surface area contributed by atoms with Crippen molar-refractivity contribution in [1.29, 1.82) is 0 Å². The van der Waals surface area contributed by atoms with Crippen LogP contribution in [-0.2, 0) is 10.8 Å². The molecule has 0 bridgehead atoms. The molecule has 5 aromatic carbocycles. The Morgan fingerprint density at radius 2 is 0.931 bits per heavy atom. The smallest absolute Gasteiger partial charge is 0.262 e. The second-order valence-corrected chi connectivity index (χ2v) is 18.5. The number of nitrogens with zero attached hydrogens (tertiary/aromatic N) is 2. The Labute approximate surface area is 339 Å². The SMILES string of the molecule is CC(C)c1cc2c3c(c1)N(c1ccc4c(c1)OCCO4)c1oc4ccc(C(C)(C)C)cc4c1B3c1c(oc3ccc(C(C)(C)C)cc13)N2c1ccc2c(c1)OCCO2. The minimum absolute atomic E-state index is 0.0749. The van der Waals surface area contributed by atoms with E-state index in [-0.39, 0.29) is 23.5 Å². The van der Waals surface area contributed by atoms with Crippen molar-refractivity contribution in [3.63, 3.8) is 0 Å². The van der Waals surface area contributed by atoms with E-state index < -0.39 is 0 Å². The Bertz CT molecular complexity index is 2650. The summed E-state index contributed by atoms with van der Waals surface area (Å²) >= 11 is 0. The van der Waals surface area contributed by atoms with Gasteiger partial charge in [-0.15, -0.1) is 0 Å². The predicted molar refractivity (Wildman–Crippen MR) is 233 cm³/mol. The van der Waals surface area contributed by atoms with Gasteiger partial charge >= 0.3 is 0 Å². The van der Waals surface area contributed by atoms with Crippen LogP contribution < -0.4 is 45.1 Å². The first kappa shape index (κ1) is 35.2. The van der Waals surface area contributed by atoms with Crippen LogP contribution in [0, 0.1) is 0 Å². The number of rotatable bonds is 3. The predicted octanol–water partition coefficient (Wildman–Crippen LogP) is 10.5. The highest BCUT2D eigenvalue weighted by atomic mass is 16.6. The van der Waals surface area contributed by atoms with Crippen molar-refractivity contribution < 1.29 is 27.8 Å². The molecule has 0 fully saturated rings. The third kappa shape index (κ3) is 5.21. The van der Waals surface area contributed by atoms with Gasteiger partial charge in [0.15, 0.2) is 23.0 Å². The fourth-order valence-corrected chi connectivity index (χ4v) is 9.18. The van der Waals surface area contributed by atoms with E-state index in [1.165, 1.54) is 22.2 Å². The molecular weight excluding hydrogens is 723 g/mol. The highest BCUT2D eigenvalue weighted by Gasteiger charge is 2.49. The van der Waals surface area contributed by atoms with Gasteiger partial charge < -0.3 is 27.8 Å². The zero-order valence-electron chi connectivity index (χ0n) is 34.4. The summed E-state index contributed by atoms with van der Waals surface area (Å²) < 4.78 is 38.7. The quantitative estimate of drug-likeness (QED) is 0.165. The third-order valence-corrected chi connectivity index (χ3v) is 12.3. The van der Waals surface area contributed by atoms with Crippen molar-refractivity contribution in [3.8, 4) is 23.0 Å². The van der Waals surface area contributed by atoms with Crippen LogP contribution >= 0.6 is 0 Å². The lowest BCUT2D eigenvalue weighted by atomic mass is 9.33. The molecular formula is C49H47BN2O6. The average Bonchev–Trinajstić information content (AvgIpc) is 3.78. The van der Waals surface area contributed by atoms with E-state index in [1.54, 1.807) is 0 Å². The molecule has 9 heteroatoms. The molecule has 0 saturated carbocycles. The van der Waals surface area contributed by atoms with E-state index in [9.17, 15) is 0 Å². The van der Waals surface area contributed by atoms with Crippen molar-refractivity contribution in [2.45, 2.75) is 72.1 Å². The van der Waals surface area contributed by atoms with Gasteiger partial charge in [-0.05, 0) is 99.6 Å². The molecule has 0 atom stereocenters. The van der Waals surface area contributed by atoms with E-state index >= 15 is 0 Å². The third-order valence-electron chi connectivity index (χ3n) is 12.3. The lowest BCUT2D eigenvalue weighted by Gasteiger charge is -2.41. The van der Waals surface area contributed by atoms with Crippen LogP contribution in [0.15, 0.2) is 93.8 Å². The number of anilines is 6. The second-order valence-electron chi connectivity index (χ2n) is 18.5. The molecule has 0 spiro atoms. The number of hydrogen-bond acceptors (Lipinski definition) is 8. The molecule has 0 amide bonds. The summed E-state index contributed by atoms with van der Waals surface area (Å²) in [6.45, 7) is 20.0. The van der Waals surface area contributed by atoms with E-state index in [2.05, 4.69) is 138 Å². The molecule has 7 aromatic rings. The number of ether oxygens (including phenoxy) is 4. The molecule has 0 radical (unpaired) electrons. The van der Waals surface area contributed by atoms with Gasteiger partial charge in [-0.2, -0.15) is 0 Å². The molecule has 0 N–H and O–H groups in total. The zero-order chi connectivity index (χ0) is 39.8. The lowest BCUT2D eigenvalue weighted by Crippen LogP contribution is -2.60. The normalized spacial score (nSPS) is 15.6. The van der Waals surface area contributed by atoms with Gasteiger partial charge in [0.25, 0.3) is 6.71 Å². The maximum atomic E-state index is 7.16. The fourth-order valence-electron chi connectivity index (χ4n) is 9.18. The minimum atomic E-state index is -0.217. The molecule has 2 aromatic heterocycles. The Balaban J connectivity index is 1.29. The Morgan fingerprint density at radius 1 is 0.500 bits per heavy atom. The number of hydrogen-bond donors (Lipinski definition) is 0. The molecule has 0 saturated heterocycles. The van der Waals surface area contributed by atoms with Gasteiger partial charge in [0.1, 0.15) is 37.6 Å². The first-order valence-corrected chi connectivity index (χ1v) is 20.5. The summed E-state index contributed by atoms with van der Waals surface area (Å²) in [5.74, 6) is 4.76. The zero-order valence-corrected chi connectivity index (χ0v) is 34.4. The molecule has 8 nitrogen and oxygen atoms in total. The van der Waals surface area contributed by atoms with Crippen molar-refractivity contribution in [3.05, 3.63) is 102 Å². The summed E-state index contributed by atoms with van der Waals surface area (Å²) in [4.78, 5) is 4.61. The monoisotopic (exact) mass is 770 g/mol. The van der Waals surface area contributed by atoms with E-state index in [4.69, 9.17) is 27.8 Å². The van der Waals surface area contributed by atoms with Crippen LogP contribution in [0.5, 0.6) is 23.0 Å². The molecule has 0 aliphatic carbocycles. The van der Waals surface area contributed by atoms with Crippen LogP contribution in [0.3, 0.4) is 0 Å². The Hall–Kier alpha value is -5.96. The largest absolute Gasteiger partial charge is 0.486 e. The minimum Gasteiger partial charge on any atom is -0.486 e. The molecule has 0 unspecified atom stereocenters. The van der Waals surface area contributed by atoms with Crippen molar-refractivity contribution in [2.24, 2.45) is 0 Å². The first-order chi connectivity index (χ1) is 27.8. The van der Waals surface area contributed by atoms with E-state index in [1.807, 2.05) is 12.1 Å². The summed E-state index contributed by atoms with van der Waals surface area (Å²) in [6.07, 6.45) is 0. The van der Waals surface area contributed by atoms with Crippen LogP contribution in [0.1, 0.15) is 78.0 Å². The maximum Gasteiger partial charge on any atom is 0.262 e. The molecule has 58 heavy (non-hydrogen) atoms.